The van der Waals surface area contributed by atoms with Crippen molar-refractivity contribution in [3.8, 4) is 100 Å². The fourth-order valence-electron chi connectivity index (χ4n) is 11.5. The van der Waals surface area contributed by atoms with E-state index in [4.69, 9.17) is 3.63 Å². The molecule has 13 aromatic rings. The standard InChI is InChI=1S/C79H58O3S2/c1-57-47-49-70(50-48-57)84(80,81)82-83(77-71(61-35-17-5-18-36-61)51-67(58-29-11-2-12-30-58)52-72(77)62-37-19-6-20-38-62,78-73(63-39-21-7-22-40-63)53-68(59-31-13-3-14-32-59)54-74(78)64-41-23-8-24-42-64)79-75(65-43-25-9-26-44-65)55-69(60-33-15-4-16-34-60)56-76(79)66-45-27-10-28-46-66/h2-56H,1H3. The van der Waals surface area contributed by atoms with Crippen LogP contribution in [-0.4, -0.2) is 8.42 Å². The molecule has 0 spiro atoms. The molecule has 0 fully saturated rings. The molecule has 84 heavy (non-hydrogen) atoms. The number of rotatable bonds is 15. The van der Waals surface area contributed by atoms with Crippen molar-refractivity contribution in [2.24, 2.45) is 0 Å². The van der Waals surface area contributed by atoms with Crippen LogP contribution in [0.15, 0.2) is 353 Å². The first-order valence-electron chi connectivity index (χ1n) is 28.2. The van der Waals surface area contributed by atoms with Gasteiger partial charge in [0.25, 0.3) is 0 Å². The normalized spacial score (nSPS) is 11.7. The summed E-state index contributed by atoms with van der Waals surface area (Å²) in [5, 5.41) is 0. The Kier molecular flexibility index (Phi) is 15.0. The predicted octanol–water partition coefficient (Wildman–Crippen LogP) is 21.6. The van der Waals surface area contributed by atoms with Crippen LogP contribution in [0.1, 0.15) is 5.56 Å². The Balaban J connectivity index is 1.39. The molecule has 0 amide bonds. The molecule has 0 saturated carbocycles. The Morgan fingerprint density at radius 1 is 0.226 bits per heavy atom. The molecule has 13 rings (SSSR count). The van der Waals surface area contributed by atoms with E-state index >= 15 is 8.42 Å². The van der Waals surface area contributed by atoms with Gasteiger partial charge in [-0.3, -0.25) is 0 Å². The van der Waals surface area contributed by atoms with Crippen molar-refractivity contribution in [1.82, 2.24) is 0 Å². The van der Waals surface area contributed by atoms with Crippen LogP contribution in [0.3, 0.4) is 0 Å². The van der Waals surface area contributed by atoms with Crippen LogP contribution in [0.2, 0.25) is 0 Å². The van der Waals surface area contributed by atoms with E-state index in [1.54, 1.807) is 12.1 Å². The fraction of sp³-hybridized carbons (Fsp3) is 0.0127. The lowest BCUT2D eigenvalue weighted by Crippen LogP contribution is -2.19. The predicted molar refractivity (Wildman–Crippen MR) is 350 cm³/mol. The minimum atomic E-state index is -4.82. The molecule has 0 N–H and O–H groups in total. The molecule has 0 unspecified atom stereocenters. The zero-order valence-electron chi connectivity index (χ0n) is 46.3. The van der Waals surface area contributed by atoms with Crippen LogP contribution >= 0.6 is 10.3 Å². The Morgan fingerprint density at radius 3 is 0.619 bits per heavy atom. The van der Waals surface area contributed by atoms with Crippen LogP contribution in [0.4, 0.5) is 0 Å². The number of hydrogen-bond acceptors (Lipinski definition) is 3. The molecule has 0 aliphatic rings. The Labute approximate surface area is 495 Å². The summed E-state index contributed by atoms with van der Waals surface area (Å²) in [5.74, 6) is 0. The van der Waals surface area contributed by atoms with Crippen molar-refractivity contribution in [3.63, 3.8) is 0 Å². The summed E-state index contributed by atoms with van der Waals surface area (Å²) in [6.45, 7) is 1.97. The second-order valence-electron chi connectivity index (χ2n) is 20.9. The summed E-state index contributed by atoms with van der Waals surface area (Å²) in [6.07, 6.45) is 0. The van der Waals surface area contributed by atoms with Gasteiger partial charge in [-0.25, -0.2) is 3.63 Å². The lowest BCUT2D eigenvalue weighted by atomic mass is 9.92. The molecular formula is C79H58O3S2. The highest BCUT2D eigenvalue weighted by Crippen LogP contribution is 2.80. The lowest BCUT2D eigenvalue weighted by molar-refractivity contribution is 0.509. The largest absolute Gasteiger partial charge is 0.307 e. The second kappa shape index (κ2) is 23.5. The van der Waals surface area contributed by atoms with Crippen LogP contribution in [0, 0.1) is 6.92 Å². The lowest BCUT2D eigenvalue weighted by Gasteiger charge is -2.46. The van der Waals surface area contributed by atoms with Gasteiger partial charge in [0, 0.05) is 14.7 Å². The Bertz CT molecular complexity index is 3920. The van der Waals surface area contributed by atoms with Gasteiger partial charge in [-0.15, -0.1) is 0 Å². The monoisotopic (exact) mass is 1120 g/mol. The minimum Gasteiger partial charge on any atom is -0.203 e. The third-order valence-electron chi connectivity index (χ3n) is 15.5. The van der Waals surface area contributed by atoms with Gasteiger partial charge in [0.1, 0.15) is 0 Å². The third-order valence-corrected chi connectivity index (χ3v) is 20.9. The van der Waals surface area contributed by atoms with Crippen LogP contribution in [0.5, 0.6) is 0 Å². The van der Waals surface area contributed by atoms with Crippen LogP contribution < -0.4 is 0 Å². The quantitative estimate of drug-likeness (QED) is 0.103. The second-order valence-corrected chi connectivity index (χ2v) is 25.1. The van der Waals surface area contributed by atoms with Crippen molar-refractivity contribution in [2.45, 2.75) is 26.5 Å². The summed E-state index contributed by atoms with van der Waals surface area (Å²) < 4.78 is 42.3. The number of hydrogen-bond donors (Lipinski definition) is 0. The highest BCUT2D eigenvalue weighted by Gasteiger charge is 2.48. The van der Waals surface area contributed by atoms with E-state index in [2.05, 4.69) is 255 Å². The summed E-state index contributed by atoms with van der Waals surface area (Å²) in [4.78, 5) is 2.21. The smallest absolute Gasteiger partial charge is 0.203 e. The first kappa shape index (κ1) is 53.4. The van der Waals surface area contributed by atoms with E-state index in [0.717, 1.165) is 120 Å². The van der Waals surface area contributed by atoms with Crippen molar-refractivity contribution in [3.05, 3.63) is 339 Å². The maximum atomic E-state index is 17.0. The molecule has 0 heterocycles. The van der Waals surface area contributed by atoms with Gasteiger partial charge in [0.05, 0.1) is 4.90 Å². The van der Waals surface area contributed by atoms with Gasteiger partial charge >= 0.3 is 10.1 Å². The van der Waals surface area contributed by atoms with Crippen molar-refractivity contribution < 1.29 is 12.0 Å². The van der Waals surface area contributed by atoms with Gasteiger partial charge in [0.2, 0.25) is 0 Å². The zero-order valence-corrected chi connectivity index (χ0v) is 47.9. The van der Waals surface area contributed by atoms with Crippen molar-refractivity contribution in [2.75, 3.05) is 0 Å². The average Bonchev–Trinajstić information content (AvgIpc) is 0.896. The molecule has 0 aromatic heterocycles. The molecule has 3 nitrogen and oxygen atoms in total. The molecule has 0 aliphatic heterocycles. The molecule has 0 saturated heterocycles. The van der Waals surface area contributed by atoms with Crippen molar-refractivity contribution in [1.29, 1.82) is 0 Å². The molecule has 0 aliphatic carbocycles. The number of benzene rings is 13. The zero-order chi connectivity index (χ0) is 56.9. The molecule has 13 aromatic carbocycles. The fourth-order valence-corrected chi connectivity index (χ4v) is 17.7. The highest BCUT2D eigenvalue weighted by molar-refractivity contribution is 8.33. The Hall–Kier alpha value is -9.88. The SMILES string of the molecule is Cc1ccc(S(=O)(=O)OS(c2c(-c3ccccc3)cc(-c3ccccc3)cc2-c2ccccc2)(c2c(-c3ccccc3)cc(-c3ccccc3)cc2-c2ccccc2)c2c(-c3ccccc3)cc(-c3ccccc3)cc2-c2ccccc2)cc1. The summed E-state index contributed by atoms with van der Waals surface area (Å²) >= 11 is 0. The molecule has 5 heteroatoms. The van der Waals surface area contributed by atoms with E-state index in [0.29, 0.717) is 0 Å². The average molecular weight is 1120 g/mol. The summed E-state index contributed by atoms with van der Waals surface area (Å²) in [7, 11) is -8.73. The van der Waals surface area contributed by atoms with Gasteiger partial charge in [0.15, 0.2) is 0 Å². The first-order valence-corrected chi connectivity index (χ1v) is 31.2. The maximum absolute atomic E-state index is 17.0. The summed E-state index contributed by atoms with van der Waals surface area (Å²) in [6, 6.07) is 115. The van der Waals surface area contributed by atoms with E-state index in [1.165, 1.54) is 0 Å². The maximum Gasteiger partial charge on any atom is 0.307 e. The Morgan fingerprint density at radius 2 is 0.417 bits per heavy atom. The van der Waals surface area contributed by atoms with Crippen molar-refractivity contribution >= 4 is 20.4 Å². The van der Waals surface area contributed by atoms with Crippen LogP contribution in [0.25, 0.3) is 100 Å². The first-order chi connectivity index (χ1) is 41.3. The molecule has 404 valence electrons. The molecule has 0 bridgehead atoms. The highest BCUT2D eigenvalue weighted by atomic mass is 32.3. The topological polar surface area (TPSA) is 43.4 Å². The third kappa shape index (κ3) is 10.5. The van der Waals surface area contributed by atoms with Gasteiger partial charge in [-0.05, 0) is 166 Å². The van der Waals surface area contributed by atoms with Gasteiger partial charge in [-0.2, -0.15) is 8.42 Å². The minimum absolute atomic E-state index is 0.0419. The van der Waals surface area contributed by atoms with E-state index in [-0.39, 0.29) is 4.90 Å². The van der Waals surface area contributed by atoms with E-state index in [1.807, 2.05) is 73.7 Å². The van der Waals surface area contributed by atoms with E-state index < -0.39 is 20.4 Å². The molecular weight excluding hydrogens is 1060 g/mol. The van der Waals surface area contributed by atoms with Crippen LogP contribution in [-0.2, 0) is 13.7 Å². The molecule has 0 radical (unpaired) electrons. The van der Waals surface area contributed by atoms with Gasteiger partial charge in [-0.1, -0.05) is 291 Å². The van der Waals surface area contributed by atoms with E-state index in [9.17, 15) is 0 Å². The number of aryl methyl sites for hydroxylation is 1. The van der Waals surface area contributed by atoms with Gasteiger partial charge < -0.3 is 0 Å². The molecule has 0 atom stereocenters. The summed E-state index contributed by atoms with van der Waals surface area (Å²) in [5.41, 5.74) is 17.1.